The van der Waals surface area contributed by atoms with Gasteiger partial charge in [0, 0.05) is 6.07 Å². The number of rotatable bonds is 4. The number of nitrogens with one attached hydrogen (secondary N) is 1. The molecule has 0 aliphatic rings. The Morgan fingerprint density at radius 3 is 2.81 bits per heavy atom. The van der Waals surface area contributed by atoms with Gasteiger partial charge in [-0.15, -0.1) is 0 Å². The molecular weight excluding hydrogens is 276 g/mol. The highest BCUT2D eigenvalue weighted by atomic mass is 16.5. The van der Waals surface area contributed by atoms with Crippen LogP contribution in [0.2, 0.25) is 0 Å². The summed E-state index contributed by atoms with van der Waals surface area (Å²) in [5, 5.41) is 15.7. The lowest BCUT2D eigenvalue weighted by molar-refractivity contribution is -0.119. The number of esters is 1. The van der Waals surface area contributed by atoms with E-state index in [4.69, 9.17) is 9.26 Å². The fraction of sp³-hybridized carbons (Fsp3) is 0.214. The van der Waals surface area contributed by atoms with Crippen LogP contribution in [0, 0.1) is 13.8 Å². The molecule has 2 aromatic rings. The average molecular weight is 290 g/mol. The van der Waals surface area contributed by atoms with Crippen molar-refractivity contribution in [3.63, 3.8) is 0 Å². The van der Waals surface area contributed by atoms with E-state index in [1.807, 2.05) is 0 Å². The third-order valence-corrected chi connectivity index (χ3v) is 2.69. The first-order chi connectivity index (χ1) is 9.97. The van der Waals surface area contributed by atoms with Crippen LogP contribution in [0.1, 0.15) is 21.7 Å². The van der Waals surface area contributed by atoms with Crippen molar-refractivity contribution in [1.29, 1.82) is 0 Å². The fourth-order valence-corrected chi connectivity index (χ4v) is 1.64. The first-order valence-electron chi connectivity index (χ1n) is 6.16. The normalized spacial score (nSPS) is 10.2. The first-order valence-corrected chi connectivity index (χ1v) is 6.16. The molecule has 2 N–H and O–H groups in total. The second kappa shape index (κ2) is 6.08. The number of benzene rings is 1. The van der Waals surface area contributed by atoms with Gasteiger partial charge in [-0.2, -0.15) is 0 Å². The minimum Gasteiger partial charge on any atom is -0.507 e. The van der Waals surface area contributed by atoms with Gasteiger partial charge < -0.3 is 19.7 Å². The highest BCUT2D eigenvalue weighted by molar-refractivity contribution is 5.96. The molecular formula is C14H14N2O5. The molecule has 0 fully saturated rings. The largest absolute Gasteiger partial charge is 0.507 e. The van der Waals surface area contributed by atoms with Gasteiger partial charge in [-0.1, -0.05) is 17.3 Å². The van der Waals surface area contributed by atoms with E-state index in [2.05, 4.69) is 10.5 Å². The molecule has 0 saturated heterocycles. The summed E-state index contributed by atoms with van der Waals surface area (Å²) in [5.41, 5.74) is 0.562. The first kappa shape index (κ1) is 14.6. The number of phenolic OH excluding ortho intramolecular Hbond substituents is 1. The van der Waals surface area contributed by atoms with Gasteiger partial charge in [0.1, 0.15) is 17.1 Å². The van der Waals surface area contributed by atoms with E-state index >= 15 is 0 Å². The number of ether oxygens (including phenoxy) is 1. The molecule has 0 aliphatic carbocycles. The minimum absolute atomic E-state index is 0.0140. The monoisotopic (exact) mass is 290 g/mol. The quantitative estimate of drug-likeness (QED) is 0.832. The van der Waals surface area contributed by atoms with Crippen LogP contribution in [-0.2, 0) is 9.53 Å². The Bertz CT molecular complexity index is 678. The van der Waals surface area contributed by atoms with Gasteiger partial charge >= 0.3 is 5.97 Å². The van der Waals surface area contributed by atoms with Crippen molar-refractivity contribution in [2.45, 2.75) is 13.8 Å². The number of carbonyl (C=O) groups is 2. The second-order valence-corrected chi connectivity index (χ2v) is 4.42. The highest BCUT2D eigenvalue weighted by Crippen LogP contribution is 2.22. The number of nitrogens with zero attached hydrogens (tertiary/aromatic N) is 1. The highest BCUT2D eigenvalue weighted by Gasteiger charge is 2.16. The standard InChI is InChI=1S/C14H14N2O5/c1-8-4-3-5-10(13(8)18)14(19)20-7-12(17)15-11-6-9(2)21-16-11/h3-6,18H,7H2,1-2H3,(H,15,16,17). The summed E-state index contributed by atoms with van der Waals surface area (Å²) in [6.45, 7) is 2.85. The lowest BCUT2D eigenvalue weighted by Gasteiger charge is -2.07. The smallest absolute Gasteiger partial charge is 0.342 e. The number of aromatic nitrogens is 1. The molecule has 1 aromatic heterocycles. The zero-order chi connectivity index (χ0) is 15.4. The zero-order valence-corrected chi connectivity index (χ0v) is 11.5. The fourth-order valence-electron chi connectivity index (χ4n) is 1.64. The molecule has 0 saturated carbocycles. The van der Waals surface area contributed by atoms with Gasteiger partial charge in [0.25, 0.3) is 5.91 Å². The Hall–Kier alpha value is -2.83. The van der Waals surface area contributed by atoms with Gasteiger partial charge in [-0.3, -0.25) is 4.79 Å². The van der Waals surface area contributed by atoms with Crippen molar-refractivity contribution in [3.05, 3.63) is 41.2 Å². The Labute approximate surface area is 120 Å². The Kier molecular flexibility index (Phi) is 4.22. The molecule has 0 bridgehead atoms. The van der Waals surface area contributed by atoms with Crippen molar-refractivity contribution in [3.8, 4) is 5.75 Å². The second-order valence-electron chi connectivity index (χ2n) is 4.42. The van der Waals surface area contributed by atoms with Crippen LogP contribution in [0.4, 0.5) is 5.82 Å². The molecule has 1 amide bonds. The topological polar surface area (TPSA) is 102 Å². The summed E-state index contributed by atoms with van der Waals surface area (Å²) >= 11 is 0. The maximum atomic E-state index is 11.8. The molecule has 1 aromatic carbocycles. The Balaban J connectivity index is 1.92. The molecule has 0 spiro atoms. The van der Waals surface area contributed by atoms with Gasteiger partial charge in [0.05, 0.1) is 0 Å². The van der Waals surface area contributed by atoms with Gasteiger partial charge in [-0.05, 0) is 25.5 Å². The van der Waals surface area contributed by atoms with Crippen LogP contribution in [0.15, 0.2) is 28.8 Å². The van der Waals surface area contributed by atoms with Crippen LogP contribution >= 0.6 is 0 Å². The summed E-state index contributed by atoms with van der Waals surface area (Å²) in [5.74, 6) is -0.694. The van der Waals surface area contributed by atoms with E-state index in [0.717, 1.165) is 0 Å². The summed E-state index contributed by atoms with van der Waals surface area (Å²) < 4.78 is 9.62. The van der Waals surface area contributed by atoms with E-state index in [1.54, 1.807) is 26.0 Å². The number of anilines is 1. The molecule has 0 unspecified atom stereocenters. The summed E-state index contributed by atoms with van der Waals surface area (Å²) in [6.07, 6.45) is 0. The number of carbonyl (C=O) groups excluding carboxylic acids is 2. The number of hydrogen-bond donors (Lipinski definition) is 2. The minimum atomic E-state index is -0.775. The van der Waals surface area contributed by atoms with Crippen LogP contribution in [0.3, 0.4) is 0 Å². The molecule has 0 radical (unpaired) electrons. The number of amides is 1. The molecule has 2 rings (SSSR count). The molecule has 110 valence electrons. The van der Waals surface area contributed by atoms with E-state index in [0.29, 0.717) is 11.3 Å². The van der Waals surface area contributed by atoms with Crippen molar-refractivity contribution < 1.29 is 24.0 Å². The van der Waals surface area contributed by atoms with Crippen LogP contribution in [0.25, 0.3) is 0 Å². The lowest BCUT2D eigenvalue weighted by Crippen LogP contribution is -2.21. The Morgan fingerprint density at radius 2 is 2.14 bits per heavy atom. The molecule has 21 heavy (non-hydrogen) atoms. The Morgan fingerprint density at radius 1 is 1.38 bits per heavy atom. The van der Waals surface area contributed by atoms with Crippen molar-refractivity contribution >= 4 is 17.7 Å². The summed E-state index contributed by atoms with van der Waals surface area (Å²) in [6, 6.07) is 6.23. The number of aromatic hydroxyl groups is 1. The predicted molar refractivity (Wildman–Crippen MR) is 73.0 cm³/mol. The summed E-state index contributed by atoms with van der Waals surface area (Å²) in [7, 11) is 0. The zero-order valence-electron chi connectivity index (χ0n) is 11.5. The van der Waals surface area contributed by atoms with Crippen LogP contribution in [0.5, 0.6) is 5.75 Å². The molecule has 0 atom stereocenters. The number of phenols is 1. The van der Waals surface area contributed by atoms with Gasteiger partial charge in [0.2, 0.25) is 0 Å². The van der Waals surface area contributed by atoms with E-state index < -0.39 is 18.5 Å². The third kappa shape index (κ3) is 3.59. The van der Waals surface area contributed by atoms with Crippen LogP contribution < -0.4 is 5.32 Å². The molecule has 7 nitrogen and oxygen atoms in total. The van der Waals surface area contributed by atoms with Crippen LogP contribution in [-0.4, -0.2) is 28.7 Å². The predicted octanol–water partition coefficient (Wildman–Crippen LogP) is 1.79. The van der Waals surface area contributed by atoms with Crippen molar-refractivity contribution in [2.75, 3.05) is 11.9 Å². The number of hydrogen-bond acceptors (Lipinski definition) is 6. The van der Waals surface area contributed by atoms with Crippen molar-refractivity contribution in [1.82, 2.24) is 5.16 Å². The van der Waals surface area contributed by atoms with E-state index in [1.165, 1.54) is 12.1 Å². The molecule has 0 aliphatic heterocycles. The third-order valence-electron chi connectivity index (χ3n) is 2.69. The number of para-hydroxylation sites is 1. The molecule has 7 heteroatoms. The van der Waals surface area contributed by atoms with Gasteiger partial charge in [0.15, 0.2) is 12.4 Å². The molecule has 1 heterocycles. The van der Waals surface area contributed by atoms with Crippen molar-refractivity contribution in [2.24, 2.45) is 0 Å². The SMILES string of the molecule is Cc1cc(NC(=O)COC(=O)c2cccc(C)c2O)no1. The average Bonchev–Trinajstić information content (AvgIpc) is 2.84. The number of aryl methyl sites for hydroxylation is 2. The summed E-state index contributed by atoms with van der Waals surface area (Å²) in [4.78, 5) is 23.4. The maximum absolute atomic E-state index is 11.8. The van der Waals surface area contributed by atoms with E-state index in [-0.39, 0.29) is 17.1 Å². The maximum Gasteiger partial charge on any atom is 0.342 e. The van der Waals surface area contributed by atoms with E-state index in [9.17, 15) is 14.7 Å². The van der Waals surface area contributed by atoms with Gasteiger partial charge in [-0.25, -0.2) is 4.79 Å². The lowest BCUT2D eigenvalue weighted by atomic mass is 10.1.